The molecule has 0 aromatic heterocycles. The molecule has 1 aliphatic rings. The van der Waals surface area contributed by atoms with Crippen molar-refractivity contribution in [2.24, 2.45) is 0 Å². The first-order valence-corrected chi connectivity index (χ1v) is 8.16. The highest BCUT2D eigenvalue weighted by atomic mass is 19.1. The van der Waals surface area contributed by atoms with Gasteiger partial charge in [-0.05, 0) is 43.7 Å². The number of hydrogen-bond donors (Lipinski definition) is 2. The number of fused-ring (bicyclic) bond motifs is 1. The predicted octanol–water partition coefficient (Wildman–Crippen LogP) is 3.31. The van der Waals surface area contributed by atoms with Crippen LogP contribution in [0.5, 0.6) is 0 Å². The van der Waals surface area contributed by atoms with Crippen LogP contribution in [0.25, 0.3) is 0 Å². The molecule has 0 unspecified atom stereocenters. The quantitative estimate of drug-likeness (QED) is 0.900. The summed E-state index contributed by atoms with van der Waals surface area (Å²) in [4.78, 5) is 26.4. The van der Waals surface area contributed by atoms with Crippen LogP contribution in [0.2, 0.25) is 0 Å². The van der Waals surface area contributed by atoms with Crippen LogP contribution in [0.15, 0.2) is 42.5 Å². The number of aryl methyl sites for hydroxylation is 1. The number of benzene rings is 2. The van der Waals surface area contributed by atoms with Crippen LogP contribution in [0.4, 0.5) is 21.5 Å². The van der Waals surface area contributed by atoms with E-state index in [-0.39, 0.29) is 36.6 Å². The van der Waals surface area contributed by atoms with Gasteiger partial charge in [-0.1, -0.05) is 18.2 Å². The molecular formula is C19H20FN3O2. The van der Waals surface area contributed by atoms with Crippen LogP contribution in [0, 0.1) is 12.7 Å². The third kappa shape index (κ3) is 3.63. The maximum atomic E-state index is 13.6. The molecule has 1 atom stereocenters. The number of hydrogen-bond acceptors (Lipinski definition) is 3. The normalized spacial score (nSPS) is 16.7. The summed E-state index contributed by atoms with van der Waals surface area (Å²) in [6, 6.07) is 11.7. The molecule has 0 spiro atoms. The van der Waals surface area contributed by atoms with Crippen LogP contribution in [0.3, 0.4) is 0 Å². The van der Waals surface area contributed by atoms with E-state index in [1.807, 2.05) is 19.1 Å². The first-order chi connectivity index (χ1) is 12.0. The number of nitrogens with one attached hydrogen (secondary N) is 2. The Hall–Kier alpha value is -2.89. The average Bonchev–Trinajstić information content (AvgIpc) is 2.70. The van der Waals surface area contributed by atoms with Crippen LogP contribution in [-0.2, 0) is 9.59 Å². The summed E-state index contributed by atoms with van der Waals surface area (Å²) in [5, 5.41) is 5.78. The molecule has 0 aliphatic carbocycles. The molecule has 0 radical (unpaired) electrons. The minimum Gasteiger partial charge on any atom is -0.376 e. The van der Waals surface area contributed by atoms with Crippen LogP contribution in [-0.4, -0.2) is 24.4 Å². The Morgan fingerprint density at radius 1 is 1.32 bits per heavy atom. The molecule has 0 saturated carbocycles. The molecule has 2 N–H and O–H groups in total. The minimum absolute atomic E-state index is 0.00929. The monoisotopic (exact) mass is 341 g/mol. The second-order valence-corrected chi connectivity index (χ2v) is 6.20. The van der Waals surface area contributed by atoms with Crippen molar-refractivity contribution in [3.63, 3.8) is 0 Å². The maximum absolute atomic E-state index is 13.6. The summed E-state index contributed by atoms with van der Waals surface area (Å²) in [5.41, 5.74) is 2.38. The van der Waals surface area contributed by atoms with Gasteiger partial charge in [0.25, 0.3) is 0 Å². The van der Waals surface area contributed by atoms with E-state index >= 15 is 0 Å². The van der Waals surface area contributed by atoms with Gasteiger partial charge in [-0.15, -0.1) is 0 Å². The predicted molar refractivity (Wildman–Crippen MR) is 96.3 cm³/mol. The molecule has 3 rings (SSSR count). The average molecular weight is 341 g/mol. The van der Waals surface area contributed by atoms with E-state index in [0.717, 1.165) is 0 Å². The topological polar surface area (TPSA) is 61.4 Å². The van der Waals surface area contributed by atoms with Crippen molar-refractivity contribution >= 4 is 28.9 Å². The van der Waals surface area contributed by atoms with Crippen LogP contribution >= 0.6 is 0 Å². The molecule has 130 valence electrons. The Bertz CT molecular complexity index is 822. The van der Waals surface area contributed by atoms with Crippen LogP contribution in [0.1, 0.15) is 18.9 Å². The highest BCUT2D eigenvalue weighted by Crippen LogP contribution is 2.31. The van der Waals surface area contributed by atoms with Crippen molar-refractivity contribution in [1.29, 1.82) is 0 Å². The van der Waals surface area contributed by atoms with Crippen molar-refractivity contribution < 1.29 is 14.0 Å². The molecule has 0 fully saturated rings. The third-order valence-corrected chi connectivity index (χ3v) is 4.24. The van der Waals surface area contributed by atoms with Crippen LogP contribution < -0.4 is 15.5 Å². The second kappa shape index (κ2) is 6.93. The lowest BCUT2D eigenvalue weighted by molar-refractivity contribution is -0.118. The number of rotatable bonds is 3. The van der Waals surface area contributed by atoms with Gasteiger partial charge in [0.1, 0.15) is 5.82 Å². The highest BCUT2D eigenvalue weighted by molar-refractivity contribution is 6.05. The molecule has 0 bridgehead atoms. The van der Waals surface area contributed by atoms with Crippen molar-refractivity contribution in [3.8, 4) is 0 Å². The van der Waals surface area contributed by atoms with Gasteiger partial charge in [0.05, 0.1) is 17.9 Å². The Morgan fingerprint density at radius 2 is 2.08 bits per heavy atom. The Labute approximate surface area is 145 Å². The lowest BCUT2D eigenvalue weighted by Gasteiger charge is -2.28. The number of para-hydroxylation sites is 2. The van der Waals surface area contributed by atoms with E-state index in [9.17, 15) is 14.0 Å². The van der Waals surface area contributed by atoms with E-state index in [1.165, 1.54) is 6.07 Å². The van der Waals surface area contributed by atoms with Gasteiger partial charge in [0.2, 0.25) is 11.8 Å². The van der Waals surface area contributed by atoms with Gasteiger partial charge >= 0.3 is 0 Å². The zero-order chi connectivity index (χ0) is 18.0. The molecule has 6 heteroatoms. The fourth-order valence-electron chi connectivity index (χ4n) is 2.93. The number of carbonyl (C=O) groups excluding carboxylic acids is 2. The van der Waals surface area contributed by atoms with Crippen molar-refractivity contribution in [2.45, 2.75) is 26.3 Å². The first kappa shape index (κ1) is 17.0. The van der Waals surface area contributed by atoms with E-state index < -0.39 is 0 Å². The summed E-state index contributed by atoms with van der Waals surface area (Å²) >= 11 is 0. The molecule has 1 aliphatic heterocycles. The Morgan fingerprint density at radius 3 is 2.84 bits per heavy atom. The number of carbonyl (C=O) groups is 2. The van der Waals surface area contributed by atoms with Gasteiger partial charge in [-0.2, -0.15) is 0 Å². The van der Waals surface area contributed by atoms with Gasteiger partial charge in [0, 0.05) is 18.2 Å². The maximum Gasteiger partial charge on any atom is 0.246 e. The van der Waals surface area contributed by atoms with Gasteiger partial charge in [0.15, 0.2) is 0 Å². The molecule has 1 heterocycles. The summed E-state index contributed by atoms with van der Waals surface area (Å²) in [5.74, 6) is -0.623. The summed E-state index contributed by atoms with van der Waals surface area (Å²) in [6.07, 6.45) is 0.222. The zero-order valence-corrected chi connectivity index (χ0v) is 14.2. The van der Waals surface area contributed by atoms with Crippen molar-refractivity contribution in [2.75, 3.05) is 22.1 Å². The zero-order valence-electron chi connectivity index (χ0n) is 14.2. The molecule has 0 saturated heterocycles. The number of halogens is 1. The van der Waals surface area contributed by atoms with Gasteiger partial charge < -0.3 is 15.5 Å². The Kier molecular flexibility index (Phi) is 4.70. The lowest BCUT2D eigenvalue weighted by atomic mass is 10.1. The SMILES string of the molecule is Cc1ccc(NCC(=O)N2c3ccccc3NC(=O)C[C@@H]2C)cc1F. The molecule has 2 aromatic rings. The highest BCUT2D eigenvalue weighted by Gasteiger charge is 2.29. The fourth-order valence-corrected chi connectivity index (χ4v) is 2.93. The van der Waals surface area contributed by atoms with E-state index in [1.54, 1.807) is 36.1 Å². The van der Waals surface area contributed by atoms with Crippen molar-refractivity contribution in [3.05, 3.63) is 53.8 Å². The van der Waals surface area contributed by atoms with Gasteiger partial charge in [-0.3, -0.25) is 9.59 Å². The third-order valence-electron chi connectivity index (χ3n) is 4.24. The summed E-state index contributed by atoms with van der Waals surface area (Å²) < 4.78 is 13.6. The second-order valence-electron chi connectivity index (χ2n) is 6.20. The molecule has 2 amide bonds. The molecular weight excluding hydrogens is 321 g/mol. The standard InChI is InChI=1S/C19H20FN3O2/c1-12-7-8-14(10-15(12)20)21-11-19(25)23-13(2)9-18(24)22-16-5-3-4-6-17(16)23/h3-8,10,13,21H,9,11H2,1-2H3,(H,22,24)/t13-/m0/s1. The van der Waals surface area contributed by atoms with E-state index in [4.69, 9.17) is 0 Å². The van der Waals surface area contributed by atoms with E-state index in [0.29, 0.717) is 22.6 Å². The number of amides is 2. The molecule has 2 aromatic carbocycles. The Balaban J connectivity index is 1.80. The summed E-state index contributed by atoms with van der Waals surface area (Å²) in [7, 11) is 0. The number of anilines is 3. The van der Waals surface area contributed by atoms with E-state index in [2.05, 4.69) is 10.6 Å². The first-order valence-electron chi connectivity index (χ1n) is 8.16. The van der Waals surface area contributed by atoms with Gasteiger partial charge in [-0.25, -0.2) is 4.39 Å². The smallest absolute Gasteiger partial charge is 0.246 e. The summed E-state index contributed by atoms with van der Waals surface area (Å²) in [6.45, 7) is 3.53. The fraction of sp³-hybridized carbons (Fsp3) is 0.263. The molecule has 25 heavy (non-hydrogen) atoms. The lowest BCUT2D eigenvalue weighted by Crippen LogP contribution is -2.42. The molecule has 5 nitrogen and oxygen atoms in total. The number of nitrogens with zero attached hydrogens (tertiary/aromatic N) is 1. The minimum atomic E-state index is -0.319. The largest absolute Gasteiger partial charge is 0.376 e. The van der Waals surface area contributed by atoms with Crippen molar-refractivity contribution in [1.82, 2.24) is 0 Å².